The lowest BCUT2D eigenvalue weighted by Crippen LogP contribution is -2.32. The van der Waals surface area contributed by atoms with Gasteiger partial charge < -0.3 is 24.6 Å². The lowest BCUT2D eigenvalue weighted by Gasteiger charge is -2.25. The van der Waals surface area contributed by atoms with Crippen LogP contribution in [0.2, 0.25) is 5.02 Å². The third-order valence-electron chi connectivity index (χ3n) is 4.10. The van der Waals surface area contributed by atoms with Crippen LogP contribution in [0.3, 0.4) is 0 Å². The van der Waals surface area contributed by atoms with E-state index in [1.807, 2.05) is 18.2 Å². The summed E-state index contributed by atoms with van der Waals surface area (Å²) in [6.07, 6.45) is 0.534. The van der Waals surface area contributed by atoms with E-state index in [1.165, 1.54) is 12.1 Å². The van der Waals surface area contributed by atoms with Gasteiger partial charge in [0, 0.05) is 5.69 Å². The molecule has 1 unspecified atom stereocenters. The van der Waals surface area contributed by atoms with Crippen molar-refractivity contribution in [1.29, 1.82) is 0 Å². The summed E-state index contributed by atoms with van der Waals surface area (Å²) in [5.74, 6) is 0.0479. The molecule has 27 heavy (non-hydrogen) atoms. The first kappa shape index (κ1) is 18.8. The number of hydrogen-bond donors (Lipinski definition) is 2. The number of benzene rings is 2. The number of anilines is 1. The third-order valence-corrected chi connectivity index (χ3v) is 4.39. The molecule has 1 amide bonds. The number of ether oxygens (including phenoxy) is 3. The van der Waals surface area contributed by atoms with Gasteiger partial charge in [0.15, 0.2) is 6.61 Å². The summed E-state index contributed by atoms with van der Waals surface area (Å²) >= 11 is 6.07. The molecule has 0 aliphatic carbocycles. The van der Waals surface area contributed by atoms with Crippen molar-refractivity contribution in [2.75, 3.05) is 25.6 Å². The second kappa shape index (κ2) is 8.18. The molecule has 3 rings (SSSR count). The van der Waals surface area contributed by atoms with Gasteiger partial charge in [-0.05, 0) is 48.4 Å². The van der Waals surface area contributed by atoms with Crippen LogP contribution in [-0.2, 0) is 16.0 Å². The summed E-state index contributed by atoms with van der Waals surface area (Å²) in [5.41, 5.74) is 1.40. The van der Waals surface area contributed by atoms with Crippen LogP contribution in [-0.4, -0.2) is 37.3 Å². The van der Waals surface area contributed by atoms with Gasteiger partial charge >= 0.3 is 5.97 Å². The van der Waals surface area contributed by atoms with Crippen LogP contribution in [0.5, 0.6) is 17.2 Å². The second-order valence-electron chi connectivity index (χ2n) is 6.00. The van der Waals surface area contributed by atoms with E-state index >= 15 is 0 Å². The van der Waals surface area contributed by atoms with E-state index in [2.05, 4.69) is 5.32 Å². The first-order valence-corrected chi connectivity index (χ1v) is 8.59. The number of carboxylic acids is 1. The summed E-state index contributed by atoms with van der Waals surface area (Å²) in [6.45, 7) is -0.216. The maximum Gasteiger partial charge on any atom is 0.341 e. The van der Waals surface area contributed by atoms with Gasteiger partial charge in [-0.1, -0.05) is 11.6 Å². The molecule has 1 heterocycles. The molecule has 8 heteroatoms. The maximum atomic E-state index is 12.6. The van der Waals surface area contributed by atoms with Crippen molar-refractivity contribution in [3.63, 3.8) is 0 Å². The van der Waals surface area contributed by atoms with E-state index in [1.54, 1.807) is 13.2 Å². The number of methoxy groups -OCH3 is 1. The Labute approximate surface area is 160 Å². The van der Waals surface area contributed by atoms with Gasteiger partial charge in [0.25, 0.3) is 0 Å². The van der Waals surface area contributed by atoms with E-state index in [4.69, 9.17) is 30.9 Å². The number of fused-ring (bicyclic) bond motifs is 1. The molecule has 2 aromatic carbocycles. The van der Waals surface area contributed by atoms with Gasteiger partial charge in [0.2, 0.25) is 5.91 Å². The summed E-state index contributed by atoms with van der Waals surface area (Å²) < 4.78 is 15.9. The number of carbonyl (C=O) groups is 2. The number of nitrogens with one attached hydrogen (secondary N) is 1. The van der Waals surface area contributed by atoms with Crippen molar-refractivity contribution >= 4 is 29.2 Å². The van der Waals surface area contributed by atoms with Crippen molar-refractivity contribution in [2.45, 2.75) is 6.42 Å². The normalized spacial score (nSPS) is 15.3. The summed E-state index contributed by atoms with van der Waals surface area (Å²) in [4.78, 5) is 23.1. The molecule has 1 aliphatic rings. The van der Waals surface area contributed by atoms with E-state index in [-0.39, 0.29) is 29.2 Å². The van der Waals surface area contributed by atoms with E-state index in [0.29, 0.717) is 17.9 Å². The molecule has 0 radical (unpaired) electrons. The fraction of sp³-hybridized carbons (Fsp3) is 0.263. The van der Waals surface area contributed by atoms with Crippen LogP contribution in [0.1, 0.15) is 5.56 Å². The molecule has 0 saturated carbocycles. The molecule has 1 atom stereocenters. The van der Waals surface area contributed by atoms with Crippen LogP contribution in [0.25, 0.3) is 0 Å². The van der Waals surface area contributed by atoms with Gasteiger partial charge in [-0.15, -0.1) is 0 Å². The Balaban J connectivity index is 1.65. The smallest absolute Gasteiger partial charge is 0.341 e. The first-order chi connectivity index (χ1) is 13.0. The predicted molar refractivity (Wildman–Crippen MR) is 98.9 cm³/mol. The number of hydrogen-bond acceptors (Lipinski definition) is 5. The molecule has 2 aromatic rings. The Morgan fingerprint density at radius 3 is 2.81 bits per heavy atom. The Bertz CT molecular complexity index is 869. The molecule has 142 valence electrons. The highest BCUT2D eigenvalue weighted by Crippen LogP contribution is 2.32. The van der Waals surface area contributed by atoms with Crippen molar-refractivity contribution < 1.29 is 28.9 Å². The zero-order valence-electron chi connectivity index (χ0n) is 14.5. The second-order valence-corrected chi connectivity index (χ2v) is 6.41. The molecule has 0 saturated heterocycles. The highest BCUT2D eigenvalue weighted by atomic mass is 35.5. The Hall–Kier alpha value is -2.93. The molecule has 1 aliphatic heterocycles. The quantitative estimate of drug-likeness (QED) is 0.786. The predicted octanol–water partition coefficient (Wildman–Crippen LogP) is 3.00. The minimum absolute atomic E-state index is 0.196. The van der Waals surface area contributed by atoms with Gasteiger partial charge in [-0.25, -0.2) is 4.79 Å². The monoisotopic (exact) mass is 391 g/mol. The van der Waals surface area contributed by atoms with Crippen LogP contribution >= 0.6 is 11.6 Å². The Morgan fingerprint density at radius 2 is 2.11 bits per heavy atom. The standard InChI is InChI=1S/C19H18ClNO6/c1-25-14-3-5-16-11(7-14)6-12(9-26-16)19(24)21-13-2-4-17(15(20)8-13)27-10-18(22)23/h2-5,7-8,12H,6,9-10H2,1H3,(H,21,24)(H,22,23). The zero-order chi connectivity index (χ0) is 19.4. The largest absolute Gasteiger partial charge is 0.497 e. The molecule has 7 nitrogen and oxygen atoms in total. The number of carbonyl (C=O) groups excluding carboxylic acids is 1. The van der Waals surface area contributed by atoms with E-state index < -0.39 is 12.6 Å². The van der Waals surface area contributed by atoms with Crippen molar-refractivity contribution in [2.24, 2.45) is 5.92 Å². The maximum absolute atomic E-state index is 12.6. The molecule has 2 N–H and O–H groups in total. The van der Waals surface area contributed by atoms with Crippen LogP contribution in [0.4, 0.5) is 5.69 Å². The molecular formula is C19H18ClNO6. The van der Waals surface area contributed by atoms with Gasteiger partial charge in [0.05, 0.1) is 18.1 Å². The summed E-state index contributed by atoms with van der Waals surface area (Å²) in [5, 5.41) is 11.7. The zero-order valence-corrected chi connectivity index (χ0v) is 15.3. The molecular weight excluding hydrogens is 374 g/mol. The van der Waals surface area contributed by atoms with Crippen LogP contribution in [0, 0.1) is 5.92 Å². The van der Waals surface area contributed by atoms with E-state index in [0.717, 1.165) is 11.3 Å². The van der Waals surface area contributed by atoms with Crippen molar-refractivity contribution in [1.82, 2.24) is 0 Å². The summed E-state index contributed by atoms with van der Waals surface area (Å²) in [6, 6.07) is 10.1. The minimum atomic E-state index is -1.10. The fourth-order valence-electron chi connectivity index (χ4n) is 2.75. The number of aliphatic carboxylic acids is 1. The molecule has 0 aromatic heterocycles. The number of rotatable bonds is 6. The fourth-order valence-corrected chi connectivity index (χ4v) is 2.98. The average Bonchev–Trinajstić information content (AvgIpc) is 2.66. The Kier molecular flexibility index (Phi) is 5.71. The number of amides is 1. The van der Waals surface area contributed by atoms with Gasteiger partial charge in [0.1, 0.15) is 23.9 Å². The van der Waals surface area contributed by atoms with Gasteiger partial charge in [-0.3, -0.25) is 4.79 Å². The number of halogens is 1. The molecule has 0 bridgehead atoms. The topological polar surface area (TPSA) is 94.1 Å². The minimum Gasteiger partial charge on any atom is -0.497 e. The van der Waals surface area contributed by atoms with Gasteiger partial charge in [-0.2, -0.15) is 0 Å². The Morgan fingerprint density at radius 1 is 1.30 bits per heavy atom. The van der Waals surface area contributed by atoms with Crippen molar-refractivity contribution in [3.8, 4) is 17.2 Å². The highest BCUT2D eigenvalue weighted by Gasteiger charge is 2.26. The lowest BCUT2D eigenvalue weighted by molar-refractivity contribution is -0.139. The van der Waals surface area contributed by atoms with Crippen LogP contribution in [0.15, 0.2) is 36.4 Å². The lowest BCUT2D eigenvalue weighted by atomic mass is 9.95. The third kappa shape index (κ3) is 4.62. The molecule has 0 spiro atoms. The number of carboxylic acid groups (broad SMARTS) is 1. The van der Waals surface area contributed by atoms with E-state index in [9.17, 15) is 9.59 Å². The summed E-state index contributed by atoms with van der Waals surface area (Å²) in [7, 11) is 1.59. The first-order valence-electron chi connectivity index (χ1n) is 8.21. The SMILES string of the molecule is COc1ccc2c(c1)CC(C(=O)Nc1ccc(OCC(=O)O)c(Cl)c1)CO2. The average molecular weight is 392 g/mol. The molecule has 0 fully saturated rings. The highest BCUT2D eigenvalue weighted by molar-refractivity contribution is 6.32. The van der Waals surface area contributed by atoms with Crippen molar-refractivity contribution in [3.05, 3.63) is 47.0 Å². The van der Waals surface area contributed by atoms with Crippen LogP contribution < -0.4 is 19.5 Å².